The zero-order chi connectivity index (χ0) is 13.0. The highest BCUT2D eigenvalue weighted by Crippen LogP contribution is 2.25. The monoisotopic (exact) mass is 323 g/mol. The Bertz CT molecular complexity index is 418. The summed E-state index contributed by atoms with van der Waals surface area (Å²) in [6.45, 7) is 3.21. The molecule has 116 valence electrons. The summed E-state index contributed by atoms with van der Waals surface area (Å²) < 4.78 is 1.91. The van der Waals surface area contributed by atoms with Crippen LogP contribution in [0.25, 0.3) is 0 Å². The van der Waals surface area contributed by atoms with E-state index in [1.165, 1.54) is 6.42 Å². The van der Waals surface area contributed by atoms with E-state index in [1.807, 2.05) is 11.5 Å². The largest absolute Gasteiger partial charge is 0.347 e. The summed E-state index contributed by atoms with van der Waals surface area (Å²) in [5, 5.41) is 10.7. The van der Waals surface area contributed by atoms with E-state index >= 15 is 0 Å². The number of carbonyl (C=O) groups excluding carboxylic acids is 1. The van der Waals surface area contributed by atoms with Crippen molar-refractivity contribution >= 4 is 30.7 Å². The SMILES string of the molecule is CCn1cnnc1CNC(=O)C1(N)CCCCC1.Cl.Cl. The van der Waals surface area contributed by atoms with Crippen LogP contribution in [-0.2, 0) is 17.9 Å². The summed E-state index contributed by atoms with van der Waals surface area (Å²) in [4.78, 5) is 12.1. The van der Waals surface area contributed by atoms with Gasteiger partial charge in [0.1, 0.15) is 6.33 Å². The van der Waals surface area contributed by atoms with Crippen molar-refractivity contribution in [2.75, 3.05) is 0 Å². The molecular formula is C12H23Cl2N5O. The Hall–Kier alpha value is -0.850. The number of aryl methyl sites for hydroxylation is 1. The molecule has 0 radical (unpaired) electrons. The molecule has 2 rings (SSSR count). The molecule has 3 N–H and O–H groups in total. The van der Waals surface area contributed by atoms with Gasteiger partial charge >= 0.3 is 0 Å². The first kappa shape index (κ1) is 19.1. The number of nitrogens with zero attached hydrogens (tertiary/aromatic N) is 3. The van der Waals surface area contributed by atoms with Gasteiger partial charge in [-0.2, -0.15) is 0 Å². The number of nitrogens with two attached hydrogens (primary N) is 1. The van der Waals surface area contributed by atoms with Gasteiger partial charge < -0.3 is 15.6 Å². The Balaban J connectivity index is 0.00000180. The van der Waals surface area contributed by atoms with Gasteiger partial charge in [-0.15, -0.1) is 35.0 Å². The lowest BCUT2D eigenvalue weighted by Crippen LogP contribution is -2.54. The summed E-state index contributed by atoms with van der Waals surface area (Å²) in [5.74, 6) is 0.707. The highest BCUT2D eigenvalue weighted by Gasteiger charge is 2.35. The van der Waals surface area contributed by atoms with E-state index < -0.39 is 5.54 Å². The molecule has 1 saturated carbocycles. The van der Waals surface area contributed by atoms with E-state index in [4.69, 9.17) is 5.73 Å². The number of carbonyl (C=O) groups is 1. The van der Waals surface area contributed by atoms with Gasteiger partial charge in [-0.3, -0.25) is 4.79 Å². The standard InChI is InChI=1S/C12H21N5O.2ClH/c1-2-17-9-15-16-10(17)8-14-11(18)12(13)6-4-3-5-7-12;;/h9H,2-8,13H2,1H3,(H,14,18);2*1H. The number of hydrogen-bond acceptors (Lipinski definition) is 4. The fraction of sp³-hybridized carbons (Fsp3) is 0.750. The van der Waals surface area contributed by atoms with Gasteiger partial charge in [0.25, 0.3) is 0 Å². The predicted molar refractivity (Wildman–Crippen MR) is 82.0 cm³/mol. The molecule has 1 aromatic rings. The van der Waals surface area contributed by atoms with Gasteiger partial charge in [-0.1, -0.05) is 19.3 Å². The van der Waals surface area contributed by atoms with Crippen molar-refractivity contribution in [1.82, 2.24) is 20.1 Å². The second-order valence-corrected chi connectivity index (χ2v) is 4.93. The first-order valence-corrected chi connectivity index (χ1v) is 6.59. The lowest BCUT2D eigenvalue weighted by Gasteiger charge is -2.31. The van der Waals surface area contributed by atoms with E-state index in [0.29, 0.717) is 6.54 Å². The number of hydrogen-bond donors (Lipinski definition) is 2. The van der Waals surface area contributed by atoms with Crippen LogP contribution in [0.3, 0.4) is 0 Å². The lowest BCUT2D eigenvalue weighted by molar-refractivity contribution is -0.127. The maximum Gasteiger partial charge on any atom is 0.240 e. The van der Waals surface area contributed by atoms with Crippen molar-refractivity contribution in [1.29, 1.82) is 0 Å². The molecule has 1 aromatic heterocycles. The second-order valence-electron chi connectivity index (χ2n) is 4.93. The molecule has 0 aromatic carbocycles. The fourth-order valence-electron chi connectivity index (χ4n) is 2.43. The average Bonchev–Trinajstić information content (AvgIpc) is 2.84. The topological polar surface area (TPSA) is 85.8 Å². The molecule has 1 aliphatic rings. The number of rotatable bonds is 4. The first-order chi connectivity index (χ1) is 8.65. The van der Waals surface area contributed by atoms with Gasteiger partial charge in [-0.25, -0.2) is 0 Å². The van der Waals surface area contributed by atoms with E-state index in [-0.39, 0.29) is 30.7 Å². The molecule has 0 spiro atoms. The molecule has 8 heteroatoms. The Morgan fingerprint density at radius 3 is 2.65 bits per heavy atom. The Morgan fingerprint density at radius 1 is 1.40 bits per heavy atom. The van der Waals surface area contributed by atoms with Crippen LogP contribution < -0.4 is 11.1 Å². The molecule has 0 unspecified atom stereocenters. The van der Waals surface area contributed by atoms with Crippen molar-refractivity contribution in [2.24, 2.45) is 5.73 Å². The maximum atomic E-state index is 12.1. The van der Waals surface area contributed by atoms with Gasteiger partial charge in [0.15, 0.2) is 5.82 Å². The third kappa shape index (κ3) is 4.33. The van der Waals surface area contributed by atoms with Crippen molar-refractivity contribution in [3.8, 4) is 0 Å². The summed E-state index contributed by atoms with van der Waals surface area (Å²) in [5.41, 5.74) is 5.47. The molecule has 1 amide bonds. The van der Waals surface area contributed by atoms with Gasteiger partial charge in [0, 0.05) is 6.54 Å². The molecule has 1 fully saturated rings. The van der Waals surface area contributed by atoms with Crippen molar-refractivity contribution in [3.05, 3.63) is 12.2 Å². The van der Waals surface area contributed by atoms with Crippen LogP contribution >= 0.6 is 24.8 Å². The van der Waals surface area contributed by atoms with E-state index in [9.17, 15) is 4.79 Å². The van der Waals surface area contributed by atoms with Gasteiger partial charge in [-0.05, 0) is 19.8 Å². The summed E-state index contributed by atoms with van der Waals surface area (Å²) in [7, 11) is 0. The third-order valence-corrected chi connectivity index (χ3v) is 3.64. The normalized spacial score (nSPS) is 16.7. The molecule has 0 saturated heterocycles. The van der Waals surface area contributed by atoms with E-state index in [1.54, 1.807) is 6.33 Å². The molecule has 1 aliphatic carbocycles. The summed E-state index contributed by atoms with van der Waals surface area (Å²) >= 11 is 0. The van der Waals surface area contributed by atoms with E-state index in [2.05, 4.69) is 15.5 Å². The zero-order valence-corrected chi connectivity index (χ0v) is 13.3. The van der Waals surface area contributed by atoms with Crippen LogP contribution in [0.4, 0.5) is 0 Å². The second kappa shape index (κ2) is 8.44. The van der Waals surface area contributed by atoms with Crippen LogP contribution in [-0.4, -0.2) is 26.2 Å². The summed E-state index contributed by atoms with van der Waals surface area (Å²) in [6, 6.07) is 0. The number of amides is 1. The quantitative estimate of drug-likeness (QED) is 0.877. The minimum absolute atomic E-state index is 0. The minimum atomic E-state index is -0.685. The third-order valence-electron chi connectivity index (χ3n) is 3.64. The predicted octanol–water partition coefficient (Wildman–Crippen LogP) is 1.42. The highest BCUT2D eigenvalue weighted by molar-refractivity contribution is 5.86. The molecule has 0 bridgehead atoms. The smallest absolute Gasteiger partial charge is 0.240 e. The number of aromatic nitrogens is 3. The molecule has 6 nitrogen and oxygen atoms in total. The zero-order valence-electron chi connectivity index (χ0n) is 11.7. The van der Waals surface area contributed by atoms with Crippen LogP contribution in [0.15, 0.2) is 6.33 Å². The summed E-state index contributed by atoms with van der Waals surface area (Å²) in [6.07, 6.45) is 6.47. The maximum absolute atomic E-state index is 12.1. The molecule has 20 heavy (non-hydrogen) atoms. The molecule has 0 aliphatic heterocycles. The Labute approximate surface area is 131 Å². The molecular weight excluding hydrogens is 301 g/mol. The lowest BCUT2D eigenvalue weighted by atomic mass is 9.82. The highest BCUT2D eigenvalue weighted by atomic mass is 35.5. The van der Waals surface area contributed by atoms with Crippen LogP contribution in [0.2, 0.25) is 0 Å². The molecule has 1 heterocycles. The molecule has 0 atom stereocenters. The average molecular weight is 324 g/mol. The van der Waals surface area contributed by atoms with Crippen LogP contribution in [0.5, 0.6) is 0 Å². The van der Waals surface area contributed by atoms with Crippen molar-refractivity contribution < 1.29 is 4.79 Å². The van der Waals surface area contributed by atoms with Crippen LogP contribution in [0.1, 0.15) is 44.9 Å². The minimum Gasteiger partial charge on any atom is -0.347 e. The van der Waals surface area contributed by atoms with Crippen LogP contribution in [0, 0.1) is 0 Å². The van der Waals surface area contributed by atoms with Gasteiger partial charge in [0.05, 0.1) is 12.1 Å². The number of nitrogens with one attached hydrogen (secondary N) is 1. The first-order valence-electron chi connectivity index (χ1n) is 6.59. The Kier molecular flexibility index (Phi) is 8.08. The Morgan fingerprint density at radius 2 is 2.05 bits per heavy atom. The number of halogens is 2. The van der Waals surface area contributed by atoms with E-state index in [0.717, 1.165) is 38.1 Å². The fourth-order valence-corrected chi connectivity index (χ4v) is 2.43. The van der Waals surface area contributed by atoms with Gasteiger partial charge in [0.2, 0.25) is 5.91 Å². The van der Waals surface area contributed by atoms with Crippen molar-refractivity contribution in [2.45, 2.75) is 57.7 Å². The van der Waals surface area contributed by atoms with Crippen molar-refractivity contribution in [3.63, 3.8) is 0 Å².